The number of hydrogen-bond donors (Lipinski definition) is 1. The van der Waals surface area contributed by atoms with Gasteiger partial charge in [-0.3, -0.25) is 14.6 Å². The van der Waals surface area contributed by atoms with E-state index < -0.39 is 0 Å². The molecule has 122 valence electrons. The normalized spacial score (nSPS) is 24.6. The van der Waals surface area contributed by atoms with Crippen LogP contribution in [0.4, 0.5) is 0 Å². The minimum absolute atomic E-state index is 0.213. The number of aliphatic hydroxyl groups is 1. The Bertz CT molecular complexity index is 472. The zero-order valence-electron chi connectivity index (χ0n) is 13.0. The van der Waals surface area contributed by atoms with Crippen molar-refractivity contribution >= 4 is 17.2 Å². The van der Waals surface area contributed by atoms with Gasteiger partial charge in [0.05, 0.1) is 12.6 Å². The molecule has 2 aliphatic heterocycles. The first-order valence-electron chi connectivity index (χ1n) is 8.13. The Kier molecular flexibility index (Phi) is 5.46. The molecule has 0 bridgehead atoms. The zero-order chi connectivity index (χ0) is 15.4. The van der Waals surface area contributed by atoms with Crippen LogP contribution < -0.4 is 0 Å². The summed E-state index contributed by atoms with van der Waals surface area (Å²) >= 11 is 1.79. The van der Waals surface area contributed by atoms with Crippen LogP contribution in [0, 0.1) is 0 Å². The van der Waals surface area contributed by atoms with E-state index in [1.165, 1.54) is 4.88 Å². The molecule has 1 aromatic heterocycles. The fourth-order valence-corrected chi connectivity index (χ4v) is 3.99. The third-order valence-electron chi connectivity index (χ3n) is 4.52. The zero-order valence-corrected chi connectivity index (χ0v) is 13.8. The summed E-state index contributed by atoms with van der Waals surface area (Å²) in [6.07, 6.45) is 1.60. The second kappa shape index (κ2) is 7.55. The molecule has 3 heterocycles. The van der Waals surface area contributed by atoms with E-state index in [2.05, 4.69) is 27.3 Å². The SMILES string of the molecule is O=C(CN1CCCC(O)C1)N1CCN(Cc2cccs2)CC1. The minimum atomic E-state index is -0.260. The maximum Gasteiger partial charge on any atom is 0.236 e. The van der Waals surface area contributed by atoms with Gasteiger partial charge in [-0.2, -0.15) is 0 Å². The number of hydrogen-bond acceptors (Lipinski definition) is 5. The lowest BCUT2D eigenvalue weighted by atomic mass is 10.1. The number of piperazine rings is 1. The van der Waals surface area contributed by atoms with Crippen LogP contribution in [0.25, 0.3) is 0 Å². The van der Waals surface area contributed by atoms with E-state index in [1.54, 1.807) is 11.3 Å². The highest BCUT2D eigenvalue weighted by atomic mass is 32.1. The summed E-state index contributed by atoms with van der Waals surface area (Å²) in [4.78, 5) is 20.3. The molecule has 0 aromatic carbocycles. The molecule has 1 atom stereocenters. The third kappa shape index (κ3) is 4.29. The van der Waals surface area contributed by atoms with Crippen LogP contribution >= 0.6 is 11.3 Å². The number of carbonyl (C=O) groups is 1. The molecule has 2 fully saturated rings. The molecule has 1 amide bonds. The molecule has 3 rings (SSSR count). The maximum absolute atomic E-state index is 12.4. The number of nitrogens with zero attached hydrogens (tertiary/aromatic N) is 3. The van der Waals surface area contributed by atoms with Crippen molar-refractivity contribution in [3.63, 3.8) is 0 Å². The Morgan fingerprint density at radius 1 is 1.23 bits per heavy atom. The van der Waals surface area contributed by atoms with Gasteiger partial charge < -0.3 is 10.0 Å². The van der Waals surface area contributed by atoms with Gasteiger partial charge >= 0.3 is 0 Å². The molecule has 22 heavy (non-hydrogen) atoms. The molecule has 0 spiro atoms. The Hall–Kier alpha value is -0.950. The monoisotopic (exact) mass is 323 g/mol. The number of thiophene rings is 1. The van der Waals surface area contributed by atoms with Gasteiger partial charge in [-0.05, 0) is 30.8 Å². The standard InChI is InChI=1S/C16H25N3O2S/c20-14-3-1-5-18(11-14)13-16(21)19-8-6-17(7-9-19)12-15-4-2-10-22-15/h2,4,10,14,20H,1,3,5-9,11-13H2. The van der Waals surface area contributed by atoms with Crippen molar-refractivity contribution in [3.05, 3.63) is 22.4 Å². The van der Waals surface area contributed by atoms with Gasteiger partial charge in [-0.1, -0.05) is 6.07 Å². The average molecular weight is 323 g/mol. The number of rotatable bonds is 4. The molecule has 2 aliphatic rings. The second-order valence-corrected chi connectivity index (χ2v) is 7.30. The maximum atomic E-state index is 12.4. The first-order chi connectivity index (χ1) is 10.7. The van der Waals surface area contributed by atoms with E-state index in [1.807, 2.05) is 4.90 Å². The summed E-state index contributed by atoms with van der Waals surface area (Å²) in [7, 11) is 0. The molecule has 0 radical (unpaired) electrons. The van der Waals surface area contributed by atoms with Gasteiger partial charge in [0.15, 0.2) is 0 Å². The van der Waals surface area contributed by atoms with Crippen molar-refractivity contribution in [2.45, 2.75) is 25.5 Å². The van der Waals surface area contributed by atoms with Crippen molar-refractivity contribution in [3.8, 4) is 0 Å². The first-order valence-corrected chi connectivity index (χ1v) is 9.01. The van der Waals surface area contributed by atoms with Crippen LogP contribution in [0.1, 0.15) is 17.7 Å². The highest BCUT2D eigenvalue weighted by molar-refractivity contribution is 7.09. The lowest BCUT2D eigenvalue weighted by Crippen LogP contribution is -2.52. The average Bonchev–Trinajstić information content (AvgIpc) is 3.01. The Morgan fingerprint density at radius 2 is 2.05 bits per heavy atom. The van der Waals surface area contributed by atoms with Gasteiger partial charge in [-0.15, -0.1) is 11.3 Å². The number of likely N-dealkylation sites (tertiary alicyclic amines) is 1. The Labute approximate surface area is 136 Å². The summed E-state index contributed by atoms with van der Waals surface area (Å²) in [5, 5.41) is 11.8. The molecule has 6 heteroatoms. The highest BCUT2D eigenvalue weighted by Crippen LogP contribution is 2.14. The fourth-order valence-electron chi connectivity index (χ4n) is 3.24. The van der Waals surface area contributed by atoms with Gasteiger partial charge in [0.1, 0.15) is 0 Å². The summed E-state index contributed by atoms with van der Waals surface area (Å²) in [5.41, 5.74) is 0. The summed E-state index contributed by atoms with van der Waals surface area (Å²) in [6, 6.07) is 4.26. The summed E-state index contributed by atoms with van der Waals surface area (Å²) in [6.45, 7) is 6.57. The molecule has 0 aliphatic carbocycles. The van der Waals surface area contributed by atoms with Crippen LogP contribution in [0.3, 0.4) is 0 Å². The number of piperidine rings is 1. The predicted molar refractivity (Wildman–Crippen MR) is 87.9 cm³/mol. The van der Waals surface area contributed by atoms with E-state index in [-0.39, 0.29) is 12.0 Å². The third-order valence-corrected chi connectivity index (χ3v) is 5.39. The largest absolute Gasteiger partial charge is 0.392 e. The fraction of sp³-hybridized carbons (Fsp3) is 0.688. The van der Waals surface area contributed by atoms with Crippen LogP contribution in [0.2, 0.25) is 0 Å². The van der Waals surface area contributed by atoms with E-state index in [0.29, 0.717) is 13.1 Å². The van der Waals surface area contributed by atoms with Gasteiger partial charge in [-0.25, -0.2) is 0 Å². The number of β-amino-alcohol motifs (C(OH)–C–C–N with tert-alkyl or cyclic N) is 1. The molecular weight excluding hydrogens is 298 g/mol. The summed E-state index contributed by atoms with van der Waals surface area (Å²) in [5.74, 6) is 0.213. The smallest absolute Gasteiger partial charge is 0.236 e. The van der Waals surface area contributed by atoms with Crippen molar-refractivity contribution < 1.29 is 9.90 Å². The molecule has 1 aromatic rings. The van der Waals surface area contributed by atoms with E-state index >= 15 is 0 Å². The van der Waals surface area contributed by atoms with E-state index in [0.717, 1.165) is 52.1 Å². The van der Waals surface area contributed by atoms with Gasteiger partial charge in [0, 0.05) is 44.1 Å². The van der Waals surface area contributed by atoms with Crippen LogP contribution in [-0.4, -0.2) is 77.6 Å². The van der Waals surface area contributed by atoms with Gasteiger partial charge in [0.2, 0.25) is 5.91 Å². The molecule has 0 saturated carbocycles. The minimum Gasteiger partial charge on any atom is -0.392 e. The van der Waals surface area contributed by atoms with Crippen LogP contribution in [-0.2, 0) is 11.3 Å². The van der Waals surface area contributed by atoms with Crippen molar-refractivity contribution in [2.75, 3.05) is 45.8 Å². The van der Waals surface area contributed by atoms with Crippen molar-refractivity contribution in [1.29, 1.82) is 0 Å². The van der Waals surface area contributed by atoms with Crippen molar-refractivity contribution in [2.24, 2.45) is 0 Å². The lowest BCUT2D eigenvalue weighted by Gasteiger charge is -2.36. The first kappa shape index (κ1) is 15.9. The number of aliphatic hydroxyl groups excluding tert-OH is 1. The lowest BCUT2D eigenvalue weighted by molar-refractivity contribution is -0.134. The van der Waals surface area contributed by atoms with Crippen molar-refractivity contribution in [1.82, 2.24) is 14.7 Å². The van der Waals surface area contributed by atoms with E-state index in [4.69, 9.17) is 0 Å². The Balaban J connectivity index is 1.41. The molecular formula is C16H25N3O2S. The molecule has 1 N–H and O–H groups in total. The van der Waals surface area contributed by atoms with Crippen LogP contribution in [0.5, 0.6) is 0 Å². The van der Waals surface area contributed by atoms with Crippen LogP contribution in [0.15, 0.2) is 17.5 Å². The molecule has 1 unspecified atom stereocenters. The van der Waals surface area contributed by atoms with Gasteiger partial charge in [0.25, 0.3) is 0 Å². The molecule has 2 saturated heterocycles. The summed E-state index contributed by atoms with van der Waals surface area (Å²) < 4.78 is 0. The topological polar surface area (TPSA) is 47.0 Å². The highest BCUT2D eigenvalue weighted by Gasteiger charge is 2.25. The number of carbonyl (C=O) groups excluding carboxylic acids is 1. The number of amides is 1. The predicted octanol–water partition coefficient (Wildman–Crippen LogP) is 0.849. The quantitative estimate of drug-likeness (QED) is 0.892. The second-order valence-electron chi connectivity index (χ2n) is 6.27. The van der Waals surface area contributed by atoms with E-state index in [9.17, 15) is 9.90 Å². The Morgan fingerprint density at radius 3 is 2.73 bits per heavy atom. The molecule has 5 nitrogen and oxygen atoms in total.